The fourth-order valence-electron chi connectivity index (χ4n) is 2.28. The average molecular weight is 228 g/mol. The van der Waals surface area contributed by atoms with Gasteiger partial charge in [-0.15, -0.1) is 0 Å². The van der Waals surface area contributed by atoms with E-state index in [1.54, 1.807) is 4.90 Å². The molecular weight excluding hydrogens is 204 g/mol. The number of rotatable bonds is 4. The van der Waals surface area contributed by atoms with E-state index < -0.39 is 5.54 Å². The molecule has 1 fully saturated rings. The lowest BCUT2D eigenvalue weighted by Gasteiger charge is -2.35. The summed E-state index contributed by atoms with van der Waals surface area (Å²) in [4.78, 5) is 14.1. The van der Waals surface area contributed by atoms with Gasteiger partial charge in [0, 0.05) is 13.7 Å². The first kappa shape index (κ1) is 13.5. The van der Waals surface area contributed by atoms with E-state index in [0.29, 0.717) is 12.8 Å². The maximum Gasteiger partial charge on any atom is 0.242 e. The van der Waals surface area contributed by atoms with Gasteiger partial charge in [0.15, 0.2) is 0 Å². The summed E-state index contributed by atoms with van der Waals surface area (Å²) in [7, 11) is 1.84. The van der Waals surface area contributed by atoms with Crippen molar-refractivity contribution in [3.63, 3.8) is 0 Å². The first-order valence-corrected chi connectivity index (χ1v) is 6.14. The van der Waals surface area contributed by atoms with Gasteiger partial charge < -0.3 is 15.4 Å². The van der Waals surface area contributed by atoms with Gasteiger partial charge in [-0.1, -0.05) is 13.8 Å². The molecule has 1 aliphatic heterocycles. The van der Waals surface area contributed by atoms with Crippen LogP contribution in [0.25, 0.3) is 0 Å². The van der Waals surface area contributed by atoms with Crippen LogP contribution in [0.3, 0.4) is 0 Å². The molecule has 0 aromatic heterocycles. The van der Waals surface area contributed by atoms with Crippen molar-refractivity contribution in [2.75, 3.05) is 13.7 Å². The molecule has 4 heteroatoms. The molecule has 4 nitrogen and oxygen atoms in total. The van der Waals surface area contributed by atoms with E-state index in [4.69, 9.17) is 10.5 Å². The van der Waals surface area contributed by atoms with Gasteiger partial charge in [-0.3, -0.25) is 4.79 Å². The summed E-state index contributed by atoms with van der Waals surface area (Å²) in [5.41, 5.74) is 5.41. The van der Waals surface area contributed by atoms with Crippen molar-refractivity contribution in [2.24, 2.45) is 5.73 Å². The molecule has 1 amide bonds. The Bertz CT molecular complexity index is 251. The second-order valence-electron chi connectivity index (χ2n) is 4.71. The number of carbonyl (C=O) groups excluding carboxylic acids is 1. The Balaban J connectivity index is 2.73. The second-order valence-corrected chi connectivity index (χ2v) is 4.71. The molecule has 94 valence electrons. The van der Waals surface area contributed by atoms with Gasteiger partial charge in [0.2, 0.25) is 5.91 Å². The van der Waals surface area contributed by atoms with Crippen molar-refractivity contribution in [3.05, 3.63) is 0 Å². The topological polar surface area (TPSA) is 55.6 Å². The third-order valence-electron chi connectivity index (χ3n) is 3.84. The van der Waals surface area contributed by atoms with Gasteiger partial charge in [0.1, 0.15) is 0 Å². The van der Waals surface area contributed by atoms with E-state index in [1.807, 2.05) is 27.8 Å². The smallest absolute Gasteiger partial charge is 0.242 e. The Morgan fingerprint density at radius 2 is 2.06 bits per heavy atom. The van der Waals surface area contributed by atoms with Crippen LogP contribution in [0.2, 0.25) is 0 Å². The van der Waals surface area contributed by atoms with Crippen molar-refractivity contribution in [3.8, 4) is 0 Å². The lowest BCUT2D eigenvalue weighted by Crippen LogP contribution is -2.57. The molecule has 2 atom stereocenters. The maximum absolute atomic E-state index is 12.3. The number of ether oxygens (including phenoxy) is 1. The van der Waals surface area contributed by atoms with Gasteiger partial charge >= 0.3 is 0 Å². The van der Waals surface area contributed by atoms with Crippen LogP contribution < -0.4 is 5.73 Å². The number of carbonyl (C=O) groups is 1. The quantitative estimate of drug-likeness (QED) is 0.785. The van der Waals surface area contributed by atoms with Gasteiger partial charge in [-0.05, 0) is 26.2 Å². The molecule has 1 rings (SSSR count). The first-order chi connectivity index (χ1) is 7.46. The first-order valence-electron chi connectivity index (χ1n) is 6.14. The Hall–Kier alpha value is -0.610. The number of amides is 1. The van der Waals surface area contributed by atoms with E-state index in [1.165, 1.54) is 0 Å². The molecule has 2 unspecified atom stereocenters. The molecule has 0 saturated carbocycles. The number of hydrogen-bond donors (Lipinski definition) is 1. The predicted molar refractivity (Wildman–Crippen MR) is 64.1 cm³/mol. The fraction of sp³-hybridized carbons (Fsp3) is 0.917. The van der Waals surface area contributed by atoms with Gasteiger partial charge in [0.25, 0.3) is 0 Å². The molecule has 1 saturated heterocycles. The zero-order chi connectivity index (χ0) is 12.3. The van der Waals surface area contributed by atoms with Crippen LogP contribution in [0.4, 0.5) is 0 Å². The van der Waals surface area contributed by atoms with E-state index in [-0.39, 0.29) is 18.1 Å². The Morgan fingerprint density at radius 3 is 2.44 bits per heavy atom. The minimum Gasteiger partial charge on any atom is -0.376 e. The van der Waals surface area contributed by atoms with Crippen LogP contribution in [-0.4, -0.2) is 42.1 Å². The van der Waals surface area contributed by atoms with Crippen molar-refractivity contribution in [1.82, 2.24) is 4.90 Å². The molecule has 16 heavy (non-hydrogen) atoms. The SMILES string of the molecule is CCC(N)(CC)C(=O)N(C)C1CCOC1C. The van der Waals surface area contributed by atoms with Crippen molar-refractivity contribution < 1.29 is 9.53 Å². The fourth-order valence-corrected chi connectivity index (χ4v) is 2.28. The summed E-state index contributed by atoms with van der Waals surface area (Å²) in [5.74, 6) is 0.0415. The zero-order valence-corrected chi connectivity index (χ0v) is 10.8. The predicted octanol–water partition coefficient (Wildman–Crippen LogP) is 1.14. The summed E-state index contributed by atoms with van der Waals surface area (Å²) in [6.45, 7) is 6.67. The van der Waals surface area contributed by atoms with Gasteiger partial charge in [-0.2, -0.15) is 0 Å². The number of nitrogens with two attached hydrogens (primary N) is 1. The number of nitrogens with zero attached hydrogens (tertiary/aromatic N) is 1. The van der Waals surface area contributed by atoms with Crippen molar-refractivity contribution in [1.29, 1.82) is 0 Å². The average Bonchev–Trinajstić information content (AvgIpc) is 2.72. The van der Waals surface area contributed by atoms with Crippen LogP contribution in [0.1, 0.15) is 40.0 Å². The minimum absolute atomic E-state index is 0.0415. The molecule has 1 aliphatic rings. The highest BCUT2D eigenvalue weighted by molar-refractivity contribution is 5.86. The zero-order valence-electron chi connectivity index (χ0n) is 10.8. The summed E-state index contributed by atoms with van der Waals surface area (Å²) in [6.07, 6.45) is 2.38. The van der Waals surface area contributed by atoms with Gasteiger partial charge in [0.05, 0.1) is 17.7 Å². The molecule has 0 bridgehead atoms. The normalized spacial score (nSPS) is 25.8. The van der Waals surface area contributed by atoms with Crippen molar-refractivity contribution in [2.45, 2.75) is 57.7 Å². The highest BCUT2D eigenvalue weighted by Gasteiger charge is 2.38. The lowest BCUT2D eigenvalue weighted by atomic mass is 9.91. The Labute approximate surface area is 98.1 Å². The van der Waals surface area contributed by atoms with Crippen LogP contribution in [-0.2, 0) is 9.53 Å². The summed E-state index contributed by atoms with van der Waals surface area (Å²) < 4.78 is 5.48. The molecule has 2 N–H and O–H groups in total. The Kier molecular flexibility index (Phi) is 4.33. The number of likely N-dealkylation sites (N-methyl/N-ethyl adjacent to an activating group) is 1. The van der Waals surface area contributed by atoms with E-state index in [2.05, 4.69) is 0 Å². The van der Waals surface area contributed by atoms with Crippen LogP contribution in [0, 0.1) is 0 Å². The molecule has 0 spiro atoms. The number of hydrogen-bond acceptors (Lipinski definition) is 3. The van der Waals surface area contributed by atoms with Crippen LogP contribution in [0.15, 0.2) is 0 Å². The lowest BCUT2D eigenvalue weighted by molar-refractivity contribution is -0.139. The maximum atomic E-state index is 12.3. The Morgan fingerprint density at radius 1 is 1.50 bits per heavy atom. The summed E-state index contributed by atoms with van der Waals surface area (Å²) in [5, 5.41) is 0. The molecule has 0 aliphatic carbocycles. The highest BCUT2D eigenvalue weighted by Crippen LogP contribution is 2.22. The molecule has 0 aromatic carbocycles. The standard InChI is InChI=1S/C12H24N2O2/c1-5-12(13,6-2)11(15)14(4)10-7-8-16-9(10)3/h9-10H,5-8,13H2,1-4H3. The molecule has 1 heterocycles. The third-order valence-corrected chi connectivity index (χ3v) is 3.84. The van der Waals surface area contributed by atoms with E-state index >= 15 is 0 Å². The highest BCUT2D eigenvalue weighted by atomic mass is 16.5. The largest absolute Gasteiger partial charge is 0.376 e. The van der Waals surface area contributed by atoms with Gasteiger partial charge in [-0.25, -0.2) is 0 Å². The van der Waals surface area contributed by atoms with Crippen LogP contribution in [0.5, 0.6) is 0 Å². The van der Waals surface area contributed by atoms with E-state index in [9.17, 15) is 4.79 Å². The molecule has 0 radical (unpaired) electrons. The molecular formula is C12H24N2O2. The summed E-state index contributed by atoms with van der Waals surface area (Å²) >= 11 is 0. The minimum atomic E-state index is -0.711. The van der Waals surface area contributed by atoms with Crippen molar-refractivity contribution >= 4 is 5.91 Å². The van der Waals surface area contributed by atoms with Crippen LogP contribution >= 0.6 is 0 Å². The molecule has 0 aromatic rings. The van der Waals surface area contributed by atoms with E-state index in [0.717, 1.165) is 13.0 Å². The third kappa shape index (κ3) is 2.38. The monoisotopic (exact) mass is 228 g/mol. The second kappa shape index (κ2) is 5.15. The summed E-state index contributed by atoms with van der Waals surface area (Å²) in [6, 6.07) is 0.175.